The van der Waals surface area contributed by atoms with Crippen molar-refractivity contribution >= 4 is 34.2 Å². The van der Waals surface area contributed by atoms with E-state index in [1.54, 1.807) is 6.07 Å². The molecule has 0 spiro atoms. The maximum Gasteiger partial charge on any atom is 0.134 e. The maximum atomic E-state index is 14.1. The predicted octanol–water partition coefficient (Wildman–Crippen LogP) is 5.21. The Morgan fingerprint density at radius 3 is 2.35 bits per heavy atom. The van der Waals surface area contributed by atoms with Crippen LogP contribution in [-0.4, -0.2) is 7.11 Å². The van der Waals surface area contributed by atoms with Gasteiger partial charge in [-0.15, -0.1) is 11.6 Å². The highest BCUT2D eigenvalue weighted by molar-refractivity contribution is 14.1. The van der Waals surface area contributed by atoms with Crippen LogP contribution in [0.15, 0.2) is 30.3 Å². The minimum Gasteiger partial charge on any atom is -0.497 e. The zero-order valence-electron chi connectivity index (χ0n) is 10.9. The minimum atomic E-state index is -0.882. The molecule has 2 rings (SSSR count). The molecule has 0 aromatic heterocycles. The van der Waals surface area contributed by atoms with Gasteiger partial charge in [0, 0.05) is 21.3 Å². The van der Waals surface area contributed by atoms with Crippen LogP contribution in [0.25, 0.3) is 0 Å². The van der Waals surface area contributed by atoms with Crippen molar-refractivity contribution in [3.8, 4) is 5.75 Å². The Kier molecular flexibility index (Phi) is 4.86. The van der Waals surface area contributed by atoms with E-state index in [9.17, 15) is 8.78 Å². The van der Waals surface area contributed by atoms with E-state index in [4.69, 9.17) is 16.3 Å². The van der Waals surface area contributed by atoms with Crippen LogP contribution in [0.5, 0.6) is 5.75 Å². The molecule has 106 valence electrons. The molecule has 2 aromatic carbocycles. The van der Waals surface area contributed by atoms with Crippen LogP contribution in [0.3, 0.4) is 0 Å². The molecule has 0 N–H and O–H groups in total. The van der Waals surface area contributed by atoms with Crippen molar-refractivity contribution in [3.05, 3.63) is 62.2 Å². The third-order valence-electron chi connectivity index (χ3n) is 3.04. The minimum absolute atomic E-state index is 0.131. The standard InChI is InChI=1S/C15H12ClF2IO/c1-8-4-3-5-10(15(8)19)14(16)13-11(17)6-9(20-2)7-12(13)18/h3-7,14H,1-2H3. The molecule has 0 heterocycles. The summed E-state index contributed by atoms with van der Waals surface area (Å²) in [5, 5.41) is -0.882. The molecule has 20 heavy (non-hydrogen) atoms. The maximum absolute atomic E-state index is 14.1. The Balaban J connectivity index is 2.54. The van der Waals surface area contributed by atoms with E-state index >= 15 is 0 Å². The van der Waals surface area contributed by atoms with Crippen LogP contribution < -0.4 is 4.74 Å². The van der Waals surface area contributed by atoms with Crippen LogP contribution in [-0.2, 0) is 0 Å². The second kappa shape index (κ2) is 6.26. The summed E-state index contributed by atoms with van der Waals surface area (Å²) in [6.45, 7) is 1.93. The van der Waals surface area contributed by atoms with Crippen LogP contribution in [0, 0.1) is 22.1 Å². The quantitative estimate of drug-likeness (QED) is 0.500. The van der Waals surface area contributed by atoms with E-state index in [-0.39, 0.29) is 11.3 Å². The molecule has 1 atom stereocenters. The van der Waals surface area contributed by atoms with Crippen LogP contribution in [0.4, 0.5) is 8.78 Å². The Morgan fingerprint density at radius 1 is 1.20 bits per heavy atom. The van der Waals surface area contributed by atoms with Crippen molar-refractivity contribution in [1.29, 1.82) is 0 Å². The normalized spacial score (nSPS) is 12.3. The van der Waals surface area contributed by atoms with E-state index in [2.05, 4.69) is 22.6 Å². The van der Waals surface area contributed by atoms with Crippen LogP contribution in [0.1, 0.15) is 22.1 Å². The molecule has 1 nitrogen and oxygen atoms in total. The number of alkyl halides is 1. The van der Waals surface area contributed by atoms with E-state index in [1.807, 2.05) is 19.1 Å². The molecule has 5 heteroatoms. The van der Waals surface area contributed by atoms with E-state index < -0.39 is 17.0 Å². The first-order valence-corrected chi connectivity index (χ1v) is 7.39. The third-order valence-corrected chi connectivity index (χ3v) is 4.96. The molecule has 0 aliphatic carbocycles. The summed E-state index contributed by atoms with van der Waals surface area (Å²) >= 11 is 8.42. The number of hydrogen-bond donors (Lipinski definition) is 0. The first-order valence-electron chi connectivity index (χ1n) is 5.87. The molecule has 0 saturated heterocycles. The molecule has 2 aromatic rings. The lowest BCUT2D eigenvalue weighted by Gasteiger charge is -2.16. The first-order chi connectivity index (χ1) is 9.45. The van der Waals surface area contributed by atoms with Gasteiger partial charge in [-0.3, -0.25) is 0 Å². The molecule has 0 saturated carbocycles. The first kappa shape index (κ1) is 15.5. The summed E-state index contributed by atoms with van der Waals surface area (Å²) in [4.78, 5) is 0. The van der Waals surface area contributed by atoms with Gasteiger partial charge in [0.05, 0.1) is 12.5 Å². The van der Waals surface area contributed by atoms with Gasteiger partial charge >= 0.3 is 0 Å². The van der Waals surface area contributed by atoms with Gasteiger partial charge in [-0.1, -0.05) is 18.2 Å². The molecular weight excluding hydrogens is 397 g/mol. The van der Waals surface area contributed by atoms with Crippen molar-refractivity contribution < 1.29 is 13.5 Å². The number of methoxy groups -OCH3 is 1. The van der Waals surface area contributed by atoms with Gasteiger partial charge in [0.25, 0.3) is 0 Å². The number of ether oxygens (including phenoxy) is 1. The summed E-state index contributed by atoms with van der Waals surface area (Å²) in [5.74, 6) is -1.29. The third kappa shape index (κ3) is 2.91. The molecule has 0 aliphatic rings. The largest absolute Gasteiger partial charge is 0.497 e. The second-order valence-corrected chi connectivity index (χ2v) is 5.86. The summed E-state index contributed by atoms with van der Waals surface area (Å²) in [5.41, 5.74) is 1.55. The van der Waals surface area contributed by atoms with Gasteiger partial charge < -0.3 is 4.74 Å². The van der Waals surface area contributed by atoms with Gasteiger partial charge in [0.1, 0.15) is 17.4 Å². The fourth-order valence-electron chi connectivity index (χ4n) is 1.94. The Labute approximate surface area is 135 Å². The van der Waals surface area contributed by atoms with Crippen molar-refractivity contribution in [1.82, 2.24) is 0 Å². The van der Waals surface area contributed by atoms with Crippen LogP contribution >= 0.6 is 34.2 Å². The molecular formula is C15H12ClF2IO. The highest BCUT2D eigenvalue weighted by Crippen LogP contribution is 2.37. The van der Waals surface area contributed by atoms with Crippen molar-refractivity contribution in [2.24, 2.45) is 0 Å². The molecule has 1 unspecified atom stereocenters. The second-order valence-electron chi connectivity index (χ2n) is 4.35. The number of rotatable bonds is 3. The Morgan fingerprint density at radius 2 is 1.80 bits per heavy atom. The fraction of sp³-hybridized carbons (Fsp3) is 0.200. The van der Waals surface area contributed by atoms with Gasteiger partial charge in [0.2, 0.25) is 0 Å². The summed E-state index contributed by atoms with van der Waals surface area (Å²) in [6.07, 6.45) is 0. The SMILES string of the molecule is COc1cc(F)c(C(Cl)c2cccc(C)c2I)c(F)c1. The van der Waals surface area contributed by atoms with E-state index in [0.29, 0.717) is 5.56 Å². The molecule has 0 fully saturated rings. The number of aryl methyl sites for hydroxylation is 1. The summed E-state index contributed by atoms with van der Waals surface area (Å²) < 4.78 is 33.9. The van der Waals surface area contributed by atoms with Crippen LogP contribution in [0.2, 0.25) is 0 Å². The topological polar surface area (TPSA) is 9.23 Å². The highest BCUT2D eigenvalue weighted by Gasteiger charge is 2.23. The average Bonchev–Trinajstić information content (AvgIpc) is 2.40. The van der Waals surface area contributed by atoms with Gasteiger partial charge in [-0.2, -0.15) is 0 Å². The lowest BCUT2D eigenvalue weighted by atomic mass is 10.0. The number of hydrogen-bond acceptors (Lipinski definition) is 1. The van der Waals surface area contributed by atoms with E-state index in [0.717, 1.165) is 21.3 Å². The summed E-state index contributed by atoms with van der Waals surface area (Å²) in [6, 6.07) is 7.79. The van der Waals surface area contributed by atoms with Gasteiger partial charge in [-0.25, -0.2) is 8.78 Å². The average molecular weight is 409 g/mol. The molecule has 0 amide bonds. The van der Waals surface area contributed by atoms with Gasteiger partial charge in [-0.05, 0) is 40.6 Å². The monoisotopic (exact) mass is 408 g/mol. The molecule has 0 radical (unpaired) electrons. The fourth-order valence-corrected chi connectivity index (χ4v) is 3.19. The zero-order valence-corrected chi connectivity index (χ0v) is 13.8. The lowest BCUT2D eigenvalue weighted by molar-refractivity contribution is 0.405. The van der Waals surface area contributed by atoms with Crippen molar-refractivity contribution in [2.75, 3.05) is 7.11 Å². The Bertz CT molecular complexity index is 623. The van der Waals surface area contributed by atoms with Gasteiger partial charge in [0.15, 0.2) is 0 Å². The molecule has 0 aliphatic heterocycles. The Hall–Kier alpha value is -0.880. The number of benzene rings is 2. The number of halogens is 4. The summed E-state index contributed by atoms with van der Waals surface area (Å²) in [7, 11) is 1.36. The highest BCUT2D eigenvalue weighted by atomic mass is 127. The smallest absolute Gasteiger partial charge is 0.134 e. The predicted molar refractivity (Wildman–Crippen MR) is 84.5 cm³/mol. The molecule has 0 bridgehead atoms. The van der Waals surface area contributed by atoms with Crippen molar-refractivity contribution in [2.45, 2.75) is 12.3 Å². The lowest BCUT2D eigenvalue weighted by Crippen LogP contribution is -2.04. The van der Waals surface area contributed by atoms with E-state index in [1.165, 1.54) is 7.11 Å². The van der Waals surface area contributed by atoms with Crippen molar-refractivity contribution in [3.63, 3.8) is 0 Å². The zero-order chi connectivity index (χ0) is 14.9.